The van der Waals surface area contributed by atoms with Gasteiger partial charge in [-0.3, -0.25) is 19.8 Å². The first-order chi connectivity index (χ1) is 12.7. The number of aromatic nitrogens is 5. The molecule has 4 rings (SSSR count). The quantitative estimate of drug-likeness (QED) is 0.730. The number of carbonyl (C=O) groups is 1. The summed E-state index contributed by atoms with van der Waals surface area (Å²) in [6.45, 7) is 3.64. The molecule has 1 unspecified atom stereocenters. The number of nitrogens with one attached hydrogen (secondary N) is 2. The van der Waals surface area contributed by atoms with Crippen molar-refractivity contribution in [2.45, 2.75) is 38.8 Å². The Hall–Kier alpha value is -2.74. The van der Waals surface area contributed by atoms with Crippen molar-refractivity contribution in [3.05, 3.63) is 35.8 Å². The standard InChI is InChI=1S/C18H23N7O/c1-3-13-15-16(21-22-17(15)24(2)23-13)20-18(26)14-8-6-10-25(14)11-12-7-4-5-9-19-12/h4-5,7,9,14H,3,6,8,10-11H2,1-2H3,(H2,20,21,22,26). The van der Waals surface area contributed by atoms with Crippen molar-refractivity contribution >= 4 is 22.8 Å². The average Bonchev–Trinajstić information content (AvgIpc) is 3.34. The van der Waals surface area contributed by atoms with Crippen LogP contribution in [0.3, 0.4) is 0 Å². The SMILES string of the molecule is CCc1nn(C)c2n[nH]c(NC(=O)C3CCCN3Cc3ccccn3)c12. The van der Waals surface area contributed by atoms with Gasteiger partial charge in [0.25, 0.3) is 0 Å². The maximum absolute atomic E-state index is 12.9. The van der Waals surface area contributed by atoms with Crippen LogP contribution in [0.25, 0.3) is 11.0 Å². The Morgan fingerprint density at radius 2 is 2.31 bits per heavy atom. The molecule has 3 aromatic heterocycles. The van der Waals surface area contributed by atoms with Crippen molar-refractivity contribution < 1.29 is 4.79 Å². The molecular formula is C18H23N7O. The highest BCUT2D eigenvalue weighted by atomic mass is 16.2. The molecule has 8 heteroatoms. The van der Waals surface area contributed by atoms with Gasteiger partial charge >= 0.3 is 0 Å². The van der Waals surface area contributed by atoms with Crippen molar-refractivity contribution in [3.63, 3.8) is 0 Å². The third-order valence-electron chi connectivity index (χ3n) is 4.95. The first-order valence-corrected chi connectivity index (χ1v) is 9.02. The van der Waals surface area contributed by atoms with Gasteiger partial charge < -0.3 is 5.32 Å². The minimum absolute atomic E-state index is 0.00473. The molecule has 2 N–H and O–H groups in total. The number of H-pyrrole nitrogens is 1. The van der Waals surface area contributed by atoms with Gasteiger partial charge in [0, 0.05) is 19.8 Å². The van der Waals surface area contributed by atoms with Crippen molar-refractivity contribution in [2.75, 3.05) is 11.9 Å². The maximum atomic E-state index is 12.9. The maximum Gasteiger partial charge on any atom is 0.242 e. The fourth-order valence-electron chi connectivity index (χ4n) is 3.67. The molecule has 4 heterocycles. The Morgan fingerprint density at radius 1 is 1.42 bits per heavy atom. The van der Waals surface area contributed by atoms with E-state index in [1.165, 1.54) is 0 Å². The number of nitrogens with zero attached hydrogens (tertiary/aromatic N) is 5. The van der Waals surface area contributed by atoms with Crippen LogP contribution >= 0.6 is 0 Å². The Balaban J connectivity index is 1.52. The normalized spacial score (nSPS) is 17.8. The van der Waals surface area contributed by atoms with Crippen LogP contribution < -0.4 is 5.32 Å². The Labute approximate surface area is 151 Å². The van der Waals surface area contributed by atoms with Crippen LogP contribution in [0.2, 0.25) is 0 Å². The highest BCUT2D eigenvalue weighted by Gasteiger charge is 2.31. The van der Waals surface area contributed by atoms with E-state index in [0.717, 1.165) is 48.2 Å². The predicted molar refractivity (Wildman–Crippen MR) is 98.5 cm³/mol. The van der Waals surface area contributed by atoms with E-state index in [0.29, 0.717) is 12.4 Å². The minimum atomic E-state index is -0.155. The summed E-state index contributed by atoms with van der Waals surface area (Å²) >= 11 is 0. The van der Waals surface area contributed by atoms with E-state index in [4.69, 9.17) is 0 Å². The number of rotatable bonds is 5. The second kappa shape index (κ2) is 6.87. The molecule has 136 valence electrons. The van der Waals surface area contributed by atoms with Gasteiger partial charge in [-0.1, -0.05) is 13.0 Å². The van der Waals surface area contributed by atoms with Gasteiger partial charge in [0.1, 0.15) is 5.82 Å². The molecule has 1 aliphatic rings. The van der Waals surface area contributed by atoms with E-state index < -0.39 is 0 Å². The number of aryl methyl sites for hydroxylation is 2. The lowest BCUT2D eigenvalue weighted by atomic mass is 10.2. The molecular weight excluding hydrogens is 330 g/mol. The number of carbonyl (C=O) groups excluding carboxylic acids is 1. The van der Waals surface area contributed by atoms with Crippen molar-refractivity contribution in [2.24, 2.45) is 7.05 Å². The van der Waals surface area contributed by atoms with Gasteiger partial charge in [-0.15, -0.1) is 0 Å². The largest absolute Gasteiger partial charge is 0.309 e. The van der Waals surface area contributed by atoms with Gasteiger partial charge in [0.05, 0.1) is 22.8 Å². The third-order valence-corrected chi connectivity index (χ3v) is 4.95. The fourth-order valence-corrected chi connectivity index (χ4v) is 3.67. The molecule has 1 saturated heterocycles. The molecule has 0 bridgehead atoms. The second-order valence-electron chi connectivity index (χ2n) is 6.66. The second-order valence-corrected chi connectivity index (χ2v) is 6.66. The van der Waals surface area contributed by atoms with E-state index in [9.17, 15) is 4.79 Å². The summed E-state index contributed by atoms with van der Waals surface area (Å²) in [6.07, 6.45) is 4.44. The van der Waals surface area contributed by atoms with Crippen LogP contribution in [0.1, 0.15) is 31.2 Å². The lowest BCUT2D eigenvalue weighted by Crippen LogP contribution is -2.39. The van der Waals surface area contributed by atoms with E-state index in [2.05, 4.69) is 30.5 Å². The van der Waals surface area contributed by atoms with Crippen LogP contribution in [-0.2, 0) is 24.8 Å². The van der Waals surface area contributed by atoms with E-state index in [1.807, 2.05) is 32.2 Å². The van der Waals surface area contributed by atoms with Crippen molar-refractivity contribution in [1.29, 1.82) is 0 Å². The lowest BCUT2D eigenvalue weighted by molar-refractivity contribution is -0.120. The number of fused-ring (bicyclic) bond motifs is 1. The smallest absolute Gasteiger partial charge is 0.242 e. The molecule has 0 radical (unpaired) electrons. The predicted octanol–water partition coefficient (Wildman–Crippen LogP) is 1.86. The van der Waals surface area contributed by atoms with Crippen molar-refractivity contribution in [3.8, 4) is 0 Å². The number of likely N-dealkylation sites (tertiary alicyclic amines) is 1. The van der Waals surface area contributed by atoms with Crippen LogP contribution in [0.4, 0.5) is 5.82 Å². The Morgan fingerprint density at radius 3 is 3.08 bits per heavy atom. The summed E-state index contributed by atoms with van der Waals surface area (Å²) in [5.41, 5.74) is 2.67. The van der Waals surface area contributed by atoms with Crippen molar-refractivity contribution in [1.82, 2.24) is 29.9 Å². The Kier molecular flexibility index (Phi) is 4.42. The van der Waals surface area contributed by atoms with Gasteiger partial charge in [-0.05, 0) is 37.9 Å². The molecule has 0 aliphatic carbocycles. The van der Waals surface area contributed by atoms with Gasteiger partial charge in [-0.2, -0.15) is 10.2 Å². The van der Waals surface area contributed by atoms with Gasteiger partial charge in [-0.25, -0.2) is 4.68 Å². The van der Waals surface area contributed by atoms with E-state index >= 15 is 0 Å². The first kappa shape index (κ1) is 16.7. The minimum Gasteiger partial charge on any atom is -0.309 e. The van der Waals surface area contributed by atoms with Gasteiger partial charge in [0.2, 0.25) is 5.91 Å². The highest BCUT2D eigenvalue weighted by Crippen LogP contribution is 2.26. The lowest BCUT2D eigenvalue weighted by Gasteiger charge is -2.23. The Bertz CT molecular complexity index is 914. The molecule has 0 aromatic carbocycles. The number of hydrogen-bond donors (Lipinski definition) is 2. The number of anilines is 1. The average molecular weight is 353 g/mol. The molecule has 1 atom stereocenters. The number of aromatic amines is 1. The van der Waals surface area contributed by atoms with Gasteiger partial charge in [0.15, 0.2) is 5.65 Å². The number of hydrogen-bond acceptors (Lipinski definition) is 5. The highest BCUT2D eigenvalue weighted by molar-refractivity contribution is 6.02. The fraction of sp³-hybridized carbons (Fsp3) is 0.444. The van der Waals surface area contributed by atoms with Crippen LogP contribution in [-0.4, -0.2) is 48.4 Å². The molecule has 1 aliphatic heterocycles. The monoisotopic (exact) mass is 353 g/mol. The molecule has 26 heavy (non-hydrogen) atoms. The topological polar surface area (TPSA) is 91.7 Å². The third kappa shape index (κ3) is 2.96. The van der Waals surface area contributed by atoms with E-state index in [1.54, 1.807) is 10.9 Å². The summed E-state index contributed by atoms with van der Waals surface area (Å²) in [7, 11) is 1.86. The van der Waals surface area contributed by atoms with Crippen LogP contribution in [0.5, 0.6) is 0 Å². The number of amides is 1. The molecule has 1 amide bonds. The first-order valence-electron chi connectivity index (χ1n) is 9.02. The summed E-state index contributed by atoms with van der Waals surface area (Å²) in [5, 5.41) is 15.7. The summed E-state index contributed by atoms with van der Waals surface area (Å²) in [5.74, 6) is 0.634. The summed E-state index contributed by atoms with van der Waals surface area (Å²) in [6, 6.07) is 5.72. The molecule has 1 fully saturated rings. The molecule has 8 nitrogen and oxygen atoms in total. The summed E-state index contributed by atoms with van der Waals surface area (Å²) in [4.78, 5) is 19.5. The number of pyridine rings is 1. The van der Waals surface area contributed by atoms with Crippen LogP contribution in [0.15, 0.2) is 24.4 Å². The molecule has 0 saturated carbocycles. The van der Waals surface area contributed by atoms with Crippen LogP contribution in [0, 0.1) is 0 Å². The summed E-state index contributed by atoms with van der Waals surface area (Å²) < 4.78 is 1.74. The zero-order valence-corrected chi connectivity index (χ0v) is 15.1. The molecule has 3 aromatic rings. The zero-order valence-electron chi connectivity index (χ0n) is 15.1. The zero-order chi connectivity index (χ0) is 18.1. The van der Waals surface area contributed by atoms with E-state index in [-0.39, 0.29) is 11.9 Å². The molecule has 0 spiro atoms.